The number of benzene rings is 3. The van der Waals surface area contributed by atoms with Gasteiger partial charge < -0.3 is 137 Å². The Morgan fingerprint density at radius 3 is 1.25 bits per heavy atom. The quantitative estimate of drug-likeness (QED) is 0.0218. The van der Waals surface area contributed by atoms with Crippen LogP contribution in [0.1, 0.15) is 142 Å². The lowest BCUT2D eigenvalue weighted by atomic mass is 9.43. The summed E-state index contributed by atoms with van der Waals surface area (Å²) in [5.74, 6) is -8.10. The third-order valence-corrected chi connectivity index (χ3v) is 22.1. The molecule has 39 heteroatoms. The molecule has 0 aliphatic heterocycles. The summed E-state index contributed by atoms with van der Waals surface area (Å²) in [4.78, 5) is 154. The fourth-order valence-electron chi connectivity index (χ4n) is 16.7. The molecule has 3 aromatic carbocycles. The lowest BCUT2D eigenvalue weighted by Crippen LogP contribution is -2.60. The molecule has 0 saturated heterocycles. The number of hydrogen-bond donors (Lipinski definition) is 15. The average molecular weight is 1650 g/mol. The first-order valence-corrected chi connectivity index (χ1v) is 39.0. The minimum absolute atomic E-state index is 0.00678. The zero-order chi connectivity index (χ0) is 85.4. The van der Waals surface area contributed by atoms with E-state index in [4.69, 9.17) is 74.0 Å². The van der Waals surface area contributed by atoms with E-state index in [2.05, 4.69) is 68.6 Å². The topological polar surface area (TPSA) is 563 Å². The molecule has 0 aromatic heterocycles. The third-order valence-electron chi connectivity index (χ3n) is 22.1. The zero-order valence-electron chi connectivity index (χ0n) is 67.3. The van der Waals surface area contributed by atoms with Gasteiger partial charge in [0.2, 0.25) is 35.4 Å². The molecule has 7 rings (SSSR count). The maximum atomic E-state index is 14.1. The number of amides is 12. The summed E-state index contributed by atoms with van der Waals surface area (Å²) in [6, 6.07) is 8.10. The van der Waals surface area contributed by atoms with Crippen LogP contribution in [0.2, 0.25) is 0 Å². The summed E-state index contributed by atoms with van der Waals surface area (Å²) >= 11 is 0. The number of unbranched alkanes of at least 4 members (excludes halogenated alkanes) is 3. The van der Waals surface area contributed by atoms with Gasteiger partial charge in [0.25, 0.3) is 17.7 Å². The normalized spacial score (nSPS) is 20.8. The number of ether oxygens (including phenoxy) is 12. The summed E-state index contributed by atoms with van der Waals surface area (Å²) in [5, 5.41) is 54.6. The van der Waals surface area contributed by atoms with Crippen molar-refractivity contribution in [2.75, 3.05) is 156 Å². The molecular formula is C78H114N12O27. The Hall–Kier alpha value is -10.7. The molecule has 18 N–H and O–H groups in total. The SMILES string of the molecule is CCCCCC[C@](C)(OC(=O)NCC(=O)NCCOCCOCC(=O)Nc1ccc(OC)c(C(N)=O)c1O)[C@H]1CC[C@H]2[C@@H]3C[C@H](OC(=O)NCC(=O)NCCOCCOCC(=O)Nc4ccc(OC)c(C(N)=O)c4O)[C@H]4C[C@@H](OC(=O)NCC(=O)NCCOCCOCC(=O)Nc5ccc(OC)c(C(N)=O)c5O)CC[C@]4(C)[C@H]3CC[C@@]21C. The number of carbonyl (C=O) groups excluding carboxylic acids is 12. The number of anilines is 3. The van der Waals surface area contributed by atoms with E-state index in [1.165, 1.54) is 57.7 Å². The molecule has 0 spiro atoms. The fourth-order valence-corrected chi connectivity index (χ4v) is 16.7. The van der Waals surface area contributed by atoms with Gasteiger partial charge in [-0.15, -0.1) is 0 Å². The summed E-state index contributed by atoms with van der Waals surface area (Å²) in [5.41, 5.74) is 13.2. The van der Waals surface area contributed by atoms with E-state index >= 15 is 0 Å². The molecule has 4 fully saturated rings. The van der Waals surface area contributed by atoms with E-state index in [1.54, 1.807) is 0 Å². The van der Waals surface area contributed by atoms with Crippen LogP contribution in [-0.2, 0) is 71.4 Å². The fraction of sp³-hybridized carbons (Fsp3) is 0.615. The second-order valence-corrected chi connectivity index (χ2v) is 29.6. The van der Waals surface area contributed by atoms with Crippen LogP contribution in [0.3, 0.4) is 0 Å². The van der Waals surface area contributed by atoms with E-state index in [0.717, 1.165) is 51.4 Å². The minimum Gasteiger partial charge on any atom is -0.505 e. The van der Waals surface area contributed by atoms with Crippen LogP contribution < -0.4 is 79.3 Å². The third kappa shape index (κ3) is 26.6. The lowest BCUT2D eigenvalue weighted by Gasteiger charge is -2.63. The monoisotopic (exact) mass is 1650 g/mol. The van der Waals surface area contributed by atoms with Gasteiger partial charge in [-0.3, -0.25) is 43.2 Å². The Balaban J connectivity index is 0.896. The van der Waals surface area contributed by atoms with Crippen molar-refractivity contribution in [1.82, 2.24) is 31.9 Å². The lowest BCUT2D eigenvalue weighted by molar-refractivity contribution is -0.179. The predicted molar refractivity (Wildman–Crippen MR) is 418 cm³/mol. The number of fused-ring (bicyclic) bond motifs is 5. The van der Waals surface area contributed by atoms with Gasteiger partial charge in [-0.1, -0.05) is 40.0 Å². The first kappa shape index (κ1) is 93.4. The van der Waals surface area contributed by atoms with E-state index in [0.29, 0.717) is 32.1 Å². The maximum absolute atomic E-state index is 14.1. The Morgan fingerprint density at radius 2 is 0.838 bits per heavy atom. The van der Waals surface area contributed by atoms with Crippen LogP contribution in [0.25, 0.3) is 0 Å². The van der Waals surface area contributed by atoms with Gasteiger partial charge in [-0.05, 0) is 136 Å². The number of primary amides is 3. The van der Waals surface area contributed by atoms with Gasteiger partial charge in [0.1, 0.15) is 71.6 Å². The van der Waals surface area contributed by atoms with Crippen LogP contribution in [-0.4, -0.2) is 244 Å². The van der Waals surface area contributed by atoms with Crippen molar-refractivity contribution in [2.45, 2.75) is 129 Å². The van der Waals surface area contributed by atoms with Gasteiger partial charge in [0, 0.05) is 31.5 Å². The Kier molecular flexibility index (Phi) is 36.5. The highest BCUT2D eigenvalue weighted by atomic mass is 16.6. The van der Waals surface area contributed by atoms with Crippen molar-refractivity contribution in [3.63, 3.8) is 0 Å². The molecular weight excluding hydrogens is 1540 g/mol. The Bertz CT molecular complexity index is 3950. The largest absolute Gasteiger partial charge is 0.505 e. The van der Waals surface area contributed by atoms with Crippen LogP contribution in [0.15, 0.2) is 36.4 Å². The summed E-state index contributed by atoms with van der Waals surface area (Å²) in [6.45, 7) is 6.65. The molecule has 4 saturated carbocycles. The van der Waals surface area contributed by atoms with Crippen molar-refractivity contribution in [3.8, 4) is 34.5 Å². The van der Waals surface area contributed by atoms with Crippen LogP contribution in [0.4, 0.5) is 31.4 Å². The number of methoxy groups -OCH3 is 3. The van der Waals surface area contributed by atoms with Crippen LogP contribution in [0, 0.1) is 40.4 Å². The molecule has 0 radical (unpaired) electrons. The van der Waals surface area contributed by atoms with Gasteiger partial charge in [0.05, 0.1) is 117 Å². The first-order valence-electron chi connectivity index (χ1n) is 39.0. The van der Waals surface area contributed by atoms with Gasteiger partial charge in [-0.25, -0.2) is 14.4 Å². The molecule has 4 aliphatic carbocycles. The van der Waals surface area contributed by atoms with E-state index in [1.807, 2.05) is 6.92 Å². The number of rotatable bonds is 48. The van der Waals surface area contributed by atoms with Crippen molar-refractivity contribution in [3.05, 3.63) is 53.1 Å². The van der Waals surface area contributed by atoms with Gasteiger partial charge in [0.15, 0.2) is 17.2 Å². The number of hydrogen-bond acceptors (Lipinski definition) is 27. The Morgan fingerprint density at radius 1 is 0.444 bits per heavy atom. The molecule has 117 heavy (non-hydrogen) atoms. The zero-order valence-corrected chi connectivity index (χ0v) is 67.3. The summed E-state index contributed by atoms with van der Waals surface area (Å²) in [6.07, 6.45) is 5.44. The Labute approximate surface area is 677 Å². The smallest absolute Gasteiger partial charge is 0.408 e. The minimum atomic E-state index is -0.962. The van der Waals surface area contributed by atoms with Crippen molar-refractivity contribution in [2.24, 2.45) is 57.6 Å². The highest BCUT2D eigenvalue weighted by Gasteiger charge is 2.65. The number of phenols is 3. The predicted octanol–water partition coefficient (Wildman–Crippen LogP) is 3.70. The van der Waals surface area contributed by atoms with E-state index in [-0.39, 0.29) is 172 Å². The molecule has 4 aliphatic rings. The van der Waals surface area contributed by atoms with Gasteiger partial charge in [-0.2, -0.15) is 0 Å². The average Bonchev–Trinajstić information content (AvgIpc) is 1.62. The summed E-state index contributed by atoms with van der Waals surface area (Å²) < 4.78 is 66.8. The van der Waals surface area contributed by atoms with E-state index in [9.17, 15) is 72.9 Å². The maximum Gasteiger partial charge on any atom is 0.408 e. The molecule has 10 atom stereocenters. The standard InChI is InChI=1S/C78H114N12O27/c1-8-9-10-11-22-78(4,117-75(105)87-41-60(93)84-27-30-111-33-36-114-44-63(96)90-52-15-18-55(108-7)66(69(52)99)72(81)102)57-19-12-47-46-38-56(116-74(104)86-40-59(92)83-26-29-110-32-35-113-43-62(95)89-51-14-17-54(107-6)65(68(51)98)71(80)101)49-37-45(20-23-76(49,2)48(46)21-24-77(47,57)3)115-73(103)85-39-58(91)82-25-28-109-31-34-112-42-61(94)88-50-13-16-53(106-5)64(67(50)97)70(79)100/h13-18,45-49,56-57,97-99H,8-12,19-44H2,1-7H3,(H2,79,100)(H2,80,101)(H2,81,102)(H,82,91)(H,83,92)(H,84,93)(H,85,103)(H,86,104)(H,87,105)(H,88,94)(H,89,95)(H,90,96)/t45-,46-,47-,48-,49+,56-,57-,76+,77-,78-/m0/s1. The van der Waals surface area contributed by atoms with Crippen LogP contribution in [0.5, 0.6) is 34.5 Å². The number of alkyl carbamates (subject to hydrolysis) is 3. The summed E-state index contributed by atoms with van der Waals surface area (Å²) in [7, 11) is 3.88. The molecule has 648 valence electrons. The molecule has 12 amide bonds. The van der Waals surface area contributed by atoms with Crippen molar-refractivity contribution in [1.29, 1.82) is 0 Å². The van der Waals surface area contributed by atoms with Crippen molar-refractivity contribution < 1.29 is 130 Å². The number of nitrogens with one attached hydrogen (secondary N) is 9. The molecule has 0 unspecified atom stereocenters. The second-order valence-electron chi connectivity index (χ2n) is 29.6. The number of nitrogens with two attached hydrogens (primary N) is 3. The molecule has 3 aromatic rings. The molecule has 39 nitrogen and oxygen atoms in total. The van der Waals surface area contributed by atoms with Gasteiger partial charge >= 0.3 is 18.3 Å². The number of aromatic hydroxyl groups is 3. The molecule has 0 heterocycles. The molecule has 0 bridgehead atoms. The van der Waals surface area contributed by atoms with E-state index < -0.39 is 145 Å². The highest BCUT2D eigenvalue weighted by molar-refractivity contribution is 6.05. The highest BCUT2D eigenvalue weighted by Crippen LogP contribution is 2.69. The second kappa shape index (κ2) is 45.7. The van der Waals surface area contributed by atoms with Crippen molar-refractivity contribution >= 4 is 88.5 Å². The van der Waals surface area contributed by atoms with Crippen LogP contribution >= 0.6 is 0 Å². The number of carbonyl (C=O) groups is 12. The first-order chi connectivity index (χ1) is 55.9.